The highest BCUT2D eigenvalue weighted by Gasteiger charge is 2.24. The Kier molecular flexibility index (Phi) is 5.85. The van der Waals surface area contributed by atoms with E-state index >= 15 is 0 Å². The third-order valence-electron chi connectivity index (χ3n) is 4.08. The highest BCUT2D eigenvalue weighted by molar-refractivity contribution is 7.16. The summed E-state index contributed by atoms with van der Waals surface area (Å²) in [6.07, 6.45) is -1.61. The van der Waals surface area contributed by atoms with E-state index in [9.17, 15) is 9.18 Å². The van der Waals surface area contributed by atoms with Crippen LogP contribution in [0.4, 0.5) is 4.39 Å². The van der Waals surface area contributed by atoms with E-state index in [1.165, 1.54) is 7.11 Å². The largest absolute Gasteiger partial charge is 0.493 e. The summed E-state index contributed by atoms with van der Waals surface area (Å²) in [5, 5.41) is 0. The van der Waals surface area contributed by atoms with Gasteiger partial charge in [-0.3, -0.25) is 0 Å². The summed E-state index contributed by atoms with van der Waals surface area (Å²) in [4.78, 5) is 11.7. The number of cyclic esters (lactones) is 1. The Balaban J connectivity index is 2.12. The second-order valence-electron chi connectivity index (χ2n) is 6.60. The molecule has 1 aliphatic rings. The van der Waals surface area contributed by atoms with E-state index in [-0.39, 0.29) is 24.2 Å². The normalized spacial score (nSPS) is 13.9. The Hall–Kier alpha value is -2.33. The molecule has 2 unspecified atom stereocenters. The average molecular weight is 392 g/mol. The zero-order valence-corrected chi connectivity index (χ0v) is 16.6. The summed E-state index contributed by atoms with van der Waals surface area (Å²) in [7, 11) is 3.44. The van der Waals surface area contributed by atoms with Gasteiger partial charge in [-0.25, -0.2) is 4.79 Å². The van der Waals surface area contributed by atoms with Crippen molar-refractivity contribution >= 4 is 15.2 Å². The van der Waals surface area contributed by atoms with Gasteiger partial charge in [-0.15, -0.1) is 0 Å². The van der Waals surface area contributed by atoms with Crippen molar-refractivity contribution in [3.63, 3.8) is 0 Å². The number of esters is 1. The van der Waals surface area contributed by atoms with Crippen molar-refractivity contribution in [1.29, 1.82) is 0 Å². The smallest absolute Gasteiger partial charge is 0.338 e. The van der Waals surface area contributed by atoms with Gasteiger partial charge in [-0.05, 0) is 35.7 Å². The van der Waals surface area contributed by atoms with Gasteiger partial charge in [0.1, 0.15) is 6.61 Å². The molecule has 2 atom stereocenters. The van der Waals surface area contributed by atoms with E-state index < -0.39 is 6.10 Å². The molecule has 0 radical (unpaired) electrons. The number of hydrogen-bond donors (Lipinski definition) is 0. The molecule has 27 heavy (non-hydrogen) atoms. The summed E-state index contributed by atoms with van der Waals surface area (Å²) >= 11 is 0. The first-order chi connectivity index (χ1) is 12.9. The van der Waals surface area contributed by atoms with Gasteiger partial charge in [0.25, 0.3) is 0 Å². The molecule has 0 amide bonds. The maximum absolute atomic E-state index is 13.6. The summed E-state index contributed by atoms with van der Waals surface area (Å²) in [5.74, 6) is 0.918. The molecule has 0 fully saturated rings. The van der Waals surface area contributed by atoms with Crippen LogP contribution in [0, 0.1) is 5.92 Å². The monoisotopic (exact) mass is 392 g/mol. The van der Waals surface area contributed by atoms with Crippen molar-refractivity contribution in [3.8, 4) is 28.4 Å². The lowest BCUT2D eigenvalue weighted by Crippen LogP contribution is -2.09. The van der Waals surface area contributed by atoms with Crippen LogP contribution in [0.1, 0.15) is 29.8 Å². The van der Waals surface area contributed by atoms with Crippen LogP contribution in [0.3, 0.4) is 0 Å². The Morgan fingerprint density at radius 3 is 2.59 bits per heavy atom. The Morgan fingerprint density at radius 2 is 1.93 bits per heavy atom. The van der Waals surface area contributed by atoms with Crippen LogP contribution in [-0.2, 0) is 11.3 Å². The highest BCUT2D eigenvalue weighted by atomic mass is 31.0. The van der Waals surface area contributed by atoms with Crippen LogP contribution in [-0.4, -0.2) is 25.8 Å². The molecule has 0 N–H and O–H groups in total. The first-order valence-corrected chi connectivity index (χ1v) is 9.28. The van der Waals surface area contributed by atoms with Crippen molar-refractivity contribution in [3.05, 3.63) is 41.5 Å². The Labute approximate surface area is 160 Å². The number of methoxy groups -OCH3 is 1. The third-order valence-corrected chi connectivity index (χ3v) is 4.22. The van der Waals surface area contributed by atoms with Crippen LogP contribution in [0.5, 0.6) is 17.2 Å². The van der Waals surface area contributed by atoms with E-state index in [2.05, 4.69) is 0 Å². The number of carbonyl (C=O) groups is 1. The van der Waals surface area contributed by atoms with E-state index in [1.54, 1.807) is 12.1 Å². The number of ether oxygens (including phenoxy) is 4. The summed E-state index contributed by atoms with van der Waals surface area (Å²) in [6, 6.07) is 8.95. The van der Waals surface area contributed by atoms with Crippen LogP contribution in [0.15, 0.2) is 30.3 Å². The van der Waals surface area contributed by atoms with Gasteiger partial charge < -0.3 is 18.9 Å². The lowest BCUT2D eigenvalue weighted by molar-refractivity contribution is 0.0535. The fourth-order valence-electron chi connectivity index (χ4n) is 2.85. The highest BCUT2D eigenvalue weighted by Crippen LogP contribution is 2.46. The lowest BCUT2D eigenvalue weighted by Gasteiger charge is -2.20. The van der Waals surface area contributed by atoms with Gasteiger partial charge >= 0.3 is 5.97 Å². The van der Waals surface area contributed by atoms with E-state index in [0.29, 0.717) is 23.7 Å². The molecule has 0 aliphatic carbocycles. The average Bonchev–Trinajstić information content (AvgIpc) is 3.00. The summed E-state index contributed by atoms with van der Waals surface area (Å²) in [6.45, 7) is 4.71. The van der Waals surface area contributed by atoms with Crippen molar-refractivity contribution in [2.75, 3.05) is 13.7 Å². The maximum atomic E-state index is 13.6. The molecule has 3 rings (SSSR count). The molecule has 144 valence electrons. The molecule has 2 aromatic carbocycles. The van der Waals surface area contributed by atoms with Crippen LogP contribution >= 0.6 is 9.24 Å². The molecule has 0 saturated heterocycles. The standard InChI is InChI=1S/C20H22FO5P/c1-11(2)9-24-17-14(6-7-16(23-3)18(17)26-20(21)27)12-4-5-15-13(8-12)10-25-19(15)22/h4-8,11,20H,9-10,27H2,1-3H3. The lowest BCUT2D eigenvalue weighted by atomic mass is 9.99. The fraction of sp³-hybridized carbons (Fsp3) is 0.350. The number of halogens is 1. The summed E-state index contributed by atoms with van der Waals surface area (Å²) < 4.78 is 35.3. The molecule has 7 heteroatoms. The molecular weight excluding hydrogens is 370 g/mol. The van der Waals surface area contributed by atoms with Crippen molar-refractivity contribution < 1.29 is 28.1 Å². The predicted octanol–water partition coefficient (Wildman–Crippen LogP) is 4.57. The quantitative estimate of drug-likeness (QED) is 0.510. The Morgan fingerprint density at radius 1 is 1.19 bits per heavy atom. The first-order valence-electron chi connectivity index (χ1n) is 8.61. The number of alkyl halides is 1. The Bertz CT molecular complexity index is 851. The van der Waals surface area contributed by atoms with Gasteiger partial charge in [-0.2, -0.15) is 4.39 Å². The van der Waals surface area contributed by atoms with Crippen molar-refractivity contribution in [1.82, 2.24) is 0 Å². The topological polar surface area (TPSA) is 54.0 Å². The van der Waals surface area contributed by atoms with Crippen LogP contribution in [0.2, 0.25) is 0 Å². The number of hydrogen-bond acceptors (Lipinski definition) is 5. The molecule has 0 aromatic heterocycles. The zero-order chi connectivity index (χ0) is 19.6. The van der Waals surface area contributed by atoms with Gasteiger partial charge in [0.05, 0.1) is 19.3 Å². The third kappa shape index (κ3) is 4.16. The molecule has 5 nitrogen and oxygen atoms in total. The maximum Gasteiger partial charge on any atom is 0.338 e. The molecule has 0 saturated carbocycles. The van der Waals surface area contributed by atoms with Crippen molar-refractivity contribution in [2.45, 2.75) is 26.6 Å². The molecular formula is C20H22FO5P. The van der Waals surface area contributed by atoms with Gasteiger partial charge in [0.2, 0.25) is 11.8 Å². The van der Waals surface area contributed by atoms with E-state index in [4.69, 9.17) is 18.9 Å². The molecule has 0 spiro atoms. The second kappa shape index (κ2) is 8.13. The van der Waals surface area contributed by atoms with E-state index in [1.807, 2.05) is 41.3 Å². The molecule has 1 heterocycles. The van der Waals surface area contributed by atoms with Gasteiger partial charge in [-0.1, -0.05) is 29.2 Å². The molecule has 2 aromatic rings. The molecule has 0 bridgehead atoms. The zero-order valence-electron chi connectivity index (χ0n) is 15.5. The first kappa shape index (κ1) is 19.4. The minimum Gasteiger partial charge on any atom is -0.493 e. The van der Waals surface area contributed by atoms with E-state index in [0.717, 1.165) is 16.7 Å². The number of fused-ring (bicyclic) bond motifs is 1. The predicted molar refractivity (Wildman–Crippen MR) is 103 cm³/mol. The minimum absolute atomic E-state index is 0.200. The molecule has 1 aliphatic heterocycles. The van der Waals surface area contributed by atoms with Gasteiger partial charge in [0.15, 0.2) is 11.5 Å². The van der Waals surface area contributed by atoms with Crippen molar-refractivity contribution in [2.24, 2.45) is 5.92 Å². The van der Waals surface area contributed by atoms with Crippen LogP contribution in [0.25, 0.3) is 11.1 Å². The number of carbonyl (C=O) groups excluding carboxylic acids is 1. The number of rotatable bonds is 7. The minimum atomic E-state index is -1.61. The fourth-order valence-corrected chi connectivity index (χ4v) is 2.99. The van der Waals surface area contributed by atoms with Gasteiger partial charge in [0, 0.05) is 11.1 Å². The second-order valence-corrected chi connectivity index (χ2v) is 7.12. The SMILES string of the molecule is COc1ccc(-c2ccc3c(c2)COC3=O)c(OCC(C)C)c1OC(F)P. The summed E-state index contributed by atoms with van der Waals surface area (Å²) in [5.41, 5.74) is 2.90. The number of benzene rings is 2. The van der Waals surface area contributed by atoms with Crippen LogP contribution < -0.4 is 14.2 Å².